The van der Waals surface area contributed by atoms with Crippen molar-refractivity contribution in [3.8, 4) is 0 Å². The lowest BCUT2D eigenvalue weighted by molar-refractivity contribution is -0.137. The molecule has 1 fully saturated rings. The zero-order valence-electron chi connectivity index (χ0n) is 7.95. The van der Waals surface area contributed by atoms with Crippen molar-refractivity contribution in [2.45, 2.75) is 38.3 Å². The van der Waals surface area contributed by atoms with Crippen LogP contribution in [-0.4, -0.2) is 36.4 Å². The second kappa shape index (κ2) is 5.19. The number of carboxylic acids is 1. The van der Waals surface area contributed by atoms with Gasteiger partial charge in [0.25, 0.3) is 0 Å². The quantitative estimate of drug-likeness (QED) is 0.662. The van der Waals surface area contributed by atoms with E-state index in [0.717, 1.165) is 19.6 Å². The molecule has 1 aliphatic rings. The lowest BCUT2D eigenvalue weighted by atomic mass is 10.1. The number of nitrogens with one attached hydrogen (secondary N) is 1. The van der Waals surface area contributed by atoms with E-state index in [2.05, 4.69) is 5.32 Å². The Morgan fingerprint density at radius 1 is 1.77 bits per heavy atom. The minimum Gasteiger partial charge on any atom is -0.481 e. The van der Waals surface area contributed by atoms with Gasteiger partial charge < -0.3 is 15.2 Å². The van der Waals surface area contributed by atoms with Crippen molar-refractivity contribution < 1.29 is 14.6 Å². The van der Waals surface area contributed by atoms with E-state index < -0.39 is 5.97 Å². The van der Waals surface area contributed by atoms with Crippen LogP contribution in [0.1, 0.15) is 26.2 Å². The summed E-state index contributed by atoms with van der Waals surface area (Å²) in [6.45, 7) is 3.60. The number of carbonyl (C=O) groups is 1. The van der Waals surface area contributed by atoms with Gasteiger partial charge in [-0.2, -0.15) is 0 Å². The topological polar surface area (TPSA) is 58.6 Å². The summed E-state index contributed by atoms with van der Waals surface area (Å²) in [7, 11) is 0. The minimum absolute atomic E-state index is 0.238. The van der Waals surface area contributed by atoms with Crippen LogP contribution >= 0.6 is 0 Å². The first-order chi connectivity index (χ1) is 6.18. The fraction of sp³-hybridized carbons (Fsp3) is 0.889. The standard InChI is InChI=1S/C9H17NO3/c1-7(2-3-9(11)12)10-8-4-5-13-6-8/h7-8,10H,2-6H2,1H3,(H,11,12). The summed E-state index contributed by atoms with van der Waals surface area (Å²) in [4.78, 5) is 10.3. The van der Waals surface area contributed by atoms with Crippen LogP contribution < -0.4 is 5.32 Å². The fourth-order valence-electron chi connectivity index (χ4n) is 1.49. The molecule has 0 bridgehead atoms. The van der Waals surface area contributed by atoms with Gasteiger partial charge in [0.2, 0.25) is 0 Å². The molecule has 0 amide bonds. The Morgan fingerprint density at radius 2 is 2.54 bits per heavy atom. The van der Waals surface area contributed by atoms with Gasteiger partial charge in [0.15, 0.2) is 0 Å². The van der Waals surface area contributed by atoms with Crippen molar-refractivity contribution >= 4 is 5.97 Å². The van der Waals surface area contributed by atoms with Gasteiger partial charge in [0.1, 0.15) is 0 Å². The van der Waals surface area contributed by atoms with E-state index in [9.17, 15) is 4.79 Å². The Hall–Kier alpha value is -0.610. The summed E-state index contributed by atoms with van der Waals surface area (Å²) in [5.74, 6) is -0.726. The number of aliphatic carboxylic acids is 1. The number of hydrogen-bond acceptors (Lipinski definition) is 3. The van der Waals surface area contributed by atoms with Gasteiger partial charge in [0, 0.05) is 25.1 Å². The van der Waals surface area contributed by atoms with E-state index in [1.54, 1.807) is 0 Å². The van der Waals surface area contributed by atoms with Crippen molar-refractivity contribution in [3.05, 3.63) is 0 Å². The van der Waals surface area contributed by atoms with Gasteiger partial charge in [-0.05, 0) is 19.8 Å². The average Bonchev–Trinajstić information content (AvgIpc) is 2.53. The van der Waals surface area contributed by atoms with Crippen LogP contribution in [0, 0.1) is 0 Å². The second-order valence-corrected chi connectivity index (χ2v) is 3.56. The van der Waals surface area contributed by atoms with Gasteiger partial charge in [0.05, 0.1) is 6.61 Å². The molecule has 0 aromatic rings. The van der Waals surface area contributed by atoms with Crippen molar-refractivity contribution in [1.29, 1.82) is 0 Å². The summed E-state index contributed by atoms with van der Waals surface area (Å²) < 4.78 is 5.20. The van der Waals surface area contributed by atoms with Crippen LogP contribution in [0.4, 0.5) is 0 Å². The number of rotatable bonds is 5. The lowest BCUT2D eigenvalue weighted by Gasteiger charge is -2.17. The monoisotopic (exact) mass is 187 g/mol. The molecule has 0 spiro atoms. The Morgan fingerprint density at radius 3 is 3.08 bits per heavy atom. The molecule has 0 aromatic heterocycles. The highest BCUT2D eigenvalue weighted by Gasteiger charge is 2.17. The fourth-order valence-corrected chi connectivity index (χ4v) is 1.49. The zero-order chi connectivity index (χ0) is 9.68. The molecule has 1 saturated heterocycles. The molecule has 4 nitrogen and oxygen atoms in total. The van der Waals surface area contributed by atoms with E-state index >= 15 is 0 Å². The maximum atomic E-state index is 10.3. The van der Waals surface area contributed by atoms with E-state index in [1.165, 1.54) is 0 Å². The Labute approximate surface area is 78.3 Å². The SMILES string of the molecule is CC(CCC(=O)O)NC1CCOC1. The molecule has 13 heavy (non-hydrogen) atoms. The van der Waals surface area contributed by atoms with E-state index in [-0.39, 0.29) is 12.5 Å². The number of carboxylic acid groups (broad SMARTS) is 1. The van der Waals surface area contributed by atoms with Gasteiger partial charge in [-0.25, -0.2) is 0 Å². The first-order valence-corrected chi connectivity index (χ1v) is 4.74. The van der Waals surface area contributed by atoms with Gasteiger partial charge in [-0.15, -0.1) is 0 Å². The minimum atomic E-state index is -0.726. The maximum Gasteiger partial charge on any atom is 0.303 e. The third-order valence-electron chi connectivity index (χ3n) is 2.24. The van der Waals surface area contributed by atoms with E-state index in [4.69, 9.17) is 9.84 Å². The first kappa shape index (κ1) is 10.5. The summed E-state index contributed by atoms with van der Waals surface area (Å²) in [5.41, 5.74) is 0. The van der Waals surface area contributed by atoms with E-state index in [0.29, 0.717) is 12.5 Å². The zero-order valence-corrected chi connectivity index (χ0v) is 7.95. The lowest BCUT2D eigenvalue weighted by Crippen LogP contribution is -2.37. The Balaban J connectivity index is 2.09. The molecule has 0 saturated carbocycles. The largest absolute Gasteiger partial charge is 0.481 e. The normalized spacial score (nSPS) is 24.5. The van der Waals surface area contributed by atoms with Crippen molar-refractivity contribution in [1.82, 2.24) is 5.32 Å². The van der Waals surface area contributed by atoms with Crippen LogP contribution in [0.25, 0.3) is 0 Å². The highest BCUT2D eigenvalue weighted by Crippen LogP contribution is 2.06. The molecule has 0 radical (unpaired) electrons. The van der Waals surface area contributed by atoms with Crippen molar-refractivity contribution in [3.63, 3.8) is 0 Å². The molecule has 4 heteroatoms. The maximum absolute atomic E-state index is 10.3. The molecule has 0 aromatic carbocycles. The molecule has 1 heterocycles. The Kier molecular flexibility index (Phi) is 4.18. The van der Waals surface area contributed by atoms with Gasteiger partial charge in [-0.3, -0.25) is 4.79 Å². The van der Waals surface area contributed by atoms with Gasteiger partial charge in [-0.1, -0.05) is 0 Å². The second-order valence-electron chi connectivity index (χ2n) is 3.56. The predicted molar refractivity (Wildman–Crippen MR) is 48.7 cm³/mol. The van der Waals surface area contributed by atoms with Crippen LogP contribution in [0.5, 0.6) is 0 Å². The molecule has 2 unspecified atom stereocenters. The summed E-state index contributed by atoms with van der Waals surface area (Å²) in [5, 5.41) is 11.8. The predicted octanol–water partition coefficient (Wildman–Crippen LogP) is 0.618. The Bertz CT molecular complexity index is 166. The highest BCUT2D eigenvalue weighted by atomic mass is 16.5. The third kappa shape index (κ3) is 4.24. The van der Waals surface area contributed by atoms with Crippen LogP contribution in [-0.2, 0) is 9.53 Å². The molecule has 1 aliphatic heterocycles. The van der Waals surface area contributed by atoms with Crippen molar-refractivity contribution in [2.24, 2.45) is 0 Å². The molecular weight excluding hydrogens is 170 g/mol. The molecular formula is C9H17NO3. The summed E-state index contributed by atoms with van der Waals surface area (Å²) in [6.07, 6.45) is 1.96. The highest BCUT2D eigenvalue weighted by molar-refractivity contribution is 5.66. The molecule has 2 N–H and O–H groups in total. The van der Waals surface area contributed by atoms with Crippen LogP contribution in [0.15, 0.2) is 0 Å². The summed E-state index contributed by atoms with van der Waals surface area (Å²) in [6, 6.07) is 0.687. The number of hydrogen-bond donors (Lipinski definition) is 2. The number of ether oxygens (including phenoxy) is 1. The van der Waals surface area contributed by atoms with Gasteiger partial charge >= 0.3 is 5.97 Å². The third-order valence-corrected chi connectivity index (χ3v) is 2.24. The van der Waals surface area contributed by atoms with Crippen molar-refractivity contribution in [2.75, 3.05) is 13.2 Å². The molecule has 0 aliphatic carbocycles. The molecule has 1 rings (SSSR count). The average molecular weight is 187 g/mol. The molecule has 2 atom stereocenters. The van der Waals surface area contributed by atoms with E-state index in [1.807, 2.05) is 6.92 Å². The summed E-state index contributed by atoms with van der Waals surface area (Å²) >= 11 is 0. The van der Waals surface area contributed by atoms with Crippen LogP contribution in [0.3, 0.4) is 0 Å². The first-order valence-electron chi connectivity index (χ1n) is 4.74. The molecule has 76 valence electrons. The van der Waals surface area contributed by atoms with Crippen LogP contribution in [0.2, 0.25) is 0 Å². The smallest absolute Gasteiger partial charge is 0.303 e.